The van der Waals surface area contributed by atoms with Gasteiger partial charge >= 0.3 is 11.9 Å². The van der Waals surface area contributed by atoms with Gasteiger partial charge in [0.25, 0.3) is 0 Å². The number of aliphatic hydroxyl groups excluding tert-OH is 1. The summed E-state index contributed by atoms with van der Waals surface area (Å²) >= 11 is 0. The number of rotatable bonds is 13. The van der Waals surface area contributed by atoms with Crippen LogP contribution in [-0.4, -0.2) is 29.4 Å². The zero-order valence-electron chi connectivity index (χ0n) is 16.6. The van der Waals surface area contributed by atoms with Gasteiger partial charge in [0.15, 0.2) is 12.7 Å². The van der Waals surface area contributed by atoms with E-state index in [0.29, 0.717) is 12.8 Å². The molecule has 1 N–H and O–H groups in total. The molecule has 27 heavy (non-hydrogen) atoms. The second-order valence-electron chi connectivity index (χ2n) is 6.66. The number of benzene rings is 1. The van der Waals surface area contributed by atoms with Crippen LogP contribution in [-0.2, 0) is 30.5 Å². The van der Waals surface area contributed by atoms with Crippen molar-refractivity contribution in [2.75, 3.05) is 6.79 Å². The molecule has 0 saturated carbocycles. The standard InChI is InChI=1S/C21H32O6/c1-4-7-11-14-21(5-2,6-3)26-19(23)18(20(24)27-25-16-22)15-17-12-9-8-10-13-17/h8-10,12-13,18,22H,4-7,11,14-16H2,1-3H3. The third-order valence-corrected chi connectivity index (χ3v) is 4.89. The topological polar surface area (TPSA) is 82.1 Å². The average molecular weight is 380 g/mol. The van der Waals surface area contributed by atoms with Gasteiger partial charge in [-0.05, 0) is 37.7 Å². The Morgan fingerprint density at radius 2 is 1.70 bits per heavy atom. The zero-order chi connectivity index (χ0) is 20.1. The molecule has 1 rings (SSSR count). The fourth-order valence-corrected chi connectivity index (χ4v) is 3.04. The molecule has 1 atom stereocenters. The average Bonchev–Trinajstić information content (AvgIpc) is 2.70. The van der Waals surface area contributed by atoms with E-state index in [1.807, 2.05) is 44.2 Å². The first-order valence-electron chi connectivity index (χ1n) is 9.72. The first-order chi connectivity index (χ1) is 13.0. The lowest BCUT2D eigenvalue weighted by molar-refractivity contribution is -0.305. The Morgan fingerprint density at radius 3 is 2.26 bits per heavy atom. The van der Waals surface area contributed by atoms with Crippen molar-refractivity contribution in [3.8, 4) is 0 Å². The molecule has 0 fully saturated rings. The minimum Gasteiger partial charge on any atom is -0.458 e. The maximum atomic E-state index is 12.9. The van der Waals surface area contributed by atoms with E-state index in [1.54, 1.807) is 0 Å². The lowest BCUT2D eigenvalue weighted by Gasteiger charge is -2.33. The Balaban J connectivity index is 2.93. The summed E-state index contributed by atoms with van der Waals surface area (Å²) in [5.74, 6) is -2.64. The summed E-state index contributed by atoms with van der Waals surface area (Å²) in [6.45, 7) is 5.33. The summed E-state index contributed by atoms with van der Waals surface area (Å²) in [4.78, 5) is 34.1. The summed E-state index contributed by atoms with van der Waals surface area (Å²) in [6, 6.07) is 9.18. The van der Waals surface area contributed by atoms with Crippen LogP contribution in [0.2, 0.25) is 0 Å². The minimum atomic E-state index is -1.15. The fourth-order valence-electron chi connectivity index (χ4n) is 3.04. The molecule has 0 saturated heterocycles. The van der Waals surface area contributed by atoms with Crippen molar-refractivity contribution < 1.29 is 29.2 Å². The predicted molar refractivity (Wildman–Crippen MR) is 101 cm³/mol. The fraction of sp³-hybridized carbons (Fsp3) is 0.619. The number of aliphatic hydroxyl groups is 1. The monoisotopic (exact) mass is 380 g/mol. The summed E-state index contributed by atoms with van der Waals surface area (Å²) in [5, 5.41) is 8.69. The molecule has 1 aromatic rings. The Kier molecular flexibility index (Phi) is 10.7. The van der Waals surface area contributed by atoms with Crippen LogP contribution in [0.5, 0.6) is 0 Å². The van der Waals surface area contributed by atoms with E-state index in [2.05, 4.69) is 16.7 Å². The van der Waals surface area contributed by atoms with Crippen molar-refractivity contribution in [3.63, 3.8) is 0 Å². The van der Waals surface area contributed by atoms with E-state index >= 15 is 0 Å². The lowest BCUT2D eigenvalue weighted by atomic mass is 9.89. The van der Waals surface area contributed by atoms with Gasteiger partial charge in [0.05, 0.1) is 0 Å². The third kappa shape index (κ3) is 7.69. The van der Waals surface area contributed by atoms with Crippen molar-refractivity contribution in [2.24, 2.45) is 5.92 Å². The van der Waals surface area contributed by atoms with Crippen molar-refractivity contribution in [3.05, 3.63) is 35.9 Å². The van der Waals surface area contributed by atoms with Crippen molar-refractivity contribution in [1.82, 2.24) is 0 Å². The van der Waals surface area contributed by atoms with Gasteiger partial charge in [0, 0.05) is 0 Å². The molecule has 0 aromatic heterocycles. The number of hydrogen-bond donors (Lipinski definition) is 1. The highest BCUT2D eigenvalue weighted by Gasteiger charge is 2.37. The smallest absolute Gasteiger partial charge is 0.357 e. The number of esters is 1. The maximum Gasteiger partial charge on any atom is 0.357 e. The molecular formula is C21H32O6. The van der Waals surface area contributed by atoms with E-state index in [0.717, 1.165) is 31.2 Å². The highest BCUT2D eigenvalue weighted by atomic mass is 17.2. The molecule has 0 bridgehead atoms. The molecule has 152 valence electrons. The SMILES string of the molecule is CCCCCC(CC)(CC)OC(=O)C(Cc1ccccc1)C(=O)OOCO. The molecule has 0 radical (unpaired) electrons. The number of carbonyl (C=O) groups is 2. The van der Waals surface area contributed by atoms with Gasteiger partial charge in [-0.15, -0.1) is 0 Å². The number of hydrogen-bond acceptors (Lipinski definition) is 6. The molecular weight excluding hydrogens is 348 g/mol. The molecule has 1 unspecified atom stereocenters. The van der Waals surface area contributed by atoms with Crippen molar-refractivity contribution in [2.45, 2.75) is 71.3 Å². The molecule has 0 aliphatic carbocycles. The number of unbranched alkanes of at least 4 members (excludes halogenated alkanes) is 2. The van der Waals surface area contributed by atoms with E-state index in [1.165, 1.54) is 0 Å². The Labute approximate surface area is 161 Å². The Bertz CT molecular complexity index is 553. The predicted octanol–water partition coefficient (Wildman–Crippen LogP) is 3.95. The summed E-state index contributed by atoms with van der Waals surface area (Å²) in [5.41, 5.74) is 0.226. The van der Waals surface area contributed by atoms with Gasteiger partial charge < -0.3 is 9.84 Å². The molecule has 0 heterocycles. The second kappa shape index (κ2) is 12.5. The lowest BCUT2D eigenvalue weighted by Crippen LogP contribution is -2.39. The Morgan fingerprint density at radius 1 is 1.04 bits per heavy atom. The van der Waals surface area contributed by atoms with E-state index in [-0.39, 0.29) is 6.42 Å². The van der Waals surface area contributed by atoms with Crippen LogP contribution in [0, 0.1) is 5.92 Å². The van der Waals surface area contributed by atoms with Gasteiger partial charge in [-0.25, -0.2) is 4.79 Å². The largest absolute Gasteiger partial charge is 0.458 e. The first-order valence-corrected chi connectivity index (χ1v) is 9.72. The van der Waals surface area contributed by atoms with E-state index < -0.39 is 30.3 Å². The zero-order valence-corrected chi connectivity index (χ0v) is 16.6. The Hall–Kier alpha value is -1.92. The quantitative estimate of drug-likeness (QED) is 0.139. The highest BCUT2D eigenvalue weighted by Crippen LogP contribution is 2.29. The molecule has 0 amide bonds. The van der Waals surface area contributed by atoms with Gasteiger partial charge in [0.2, 0.25) is 0 Å². The normalized spacial score (nSPS) is 12.4. The summed E-state index contributed by atoms with van der Waals surface area (Å²) in [7, 11) is 0. The molecule has 0 aliphatic rings. The molecule has 0 aliphatic heterocycles. The van der Waals surface area contributed by atoms with Gasteiger partial charge in [0.1, 0.15) is 5.60 Å². The highest BCUT2D eigenvalue weighted by molar-refractivity contribution is 5.95. The van der Waals surface area contributed by atoms with E-state index in [9.17, 15) is 9.59 Å². The first kappa shape index (κ1) is 23.1. The molecule has 6 nitrogen and oxygen atoms in total. The van der Waals surface area contributed by atoms with Crippen LogP contribution in [0.25, 0.3) is 0 Å². The van der Waals surface area contributed by atoms with Crippen LogP contribution in [0.15, 0.2) is 30.3 Å². The van der Waals surface area contributed by atoms with Crippen molar-refractivity contribution in [1.29, 1.82) is 0 Å². The van der Waals surface area contributed by atoms with Crippen LogP contribution >= 0.6 is 0 Å². The van der Waals surface area contributed by atoms with Gasteiger partial charge in [-0.1, -0.05) is 63.9 Å². The van der Waals surface area contributed by atoms with Crippen LogP contribution in [0.4, 0.5) is 0 Å². The minimum absolute atomic E-state index is 0.145. The van der Waals surface area contributed by atoms with Crippen LogP contribution < -0.4 is 0 Å². The molecule has 1 aromatic carbocycles. The van der Waals surface area contributed by atoms with Crippen molar-refractivity contribution >= 4 is 11.9 Å². The third-order valence-electron chi connectivity index (χ3n) is 4.89. The summed E-state index contributed by atoms with van der Waals surface area (Å²) < 4.78 is 5.86. The maximum absolute atomic E-state index is 12.9. The second-order valence-corrected chi connectivity index (χ2v) is 6.66. The summed E-state index contributed by atoms with van der Waals surface area (Å²) in [6.07, 6.45) is 5.38. The number of carbonyl (C=O) groups excluding carboxylic acids is 2. The van der Waals surface area contributed by atoms with Gasteiger partial charge in [-0.2, -0.15) is 4.89 Å². The van der Waals surface area contributed by atoms with E-state index in [4.69, 9.17) is 9.84 Å². The van der Waals surface area contributed by atoms with Crippen LogP contribution in [0.1, 0.15) is 64.9 Å². The van der Waals surface area contributed by atoms with Crippen LogP contribution in [0.3, 0.4) is 0 Å². The number of ether oxygens (including phenoxy) is 1. The van der Waals surface area contributed by atoms with Gasteiger partial charge in [-0.3, -0.25) is 9.68 Å². The molecule has 6 heteroatoms. The molecule has 0 spiro atoms.